The van der Waals surface area contributed by atoms with Crippen LogP contribution in [0, 0.1) is 6.92 Å². The summed E-state index contributed by atoms with van der Waals surface area (Å²) in [5.74, 6) is 0. The van der Waals surface area contributed by atoms with Gasteiger partial charge in [0.05, 0.1) is 18.6 Å². The van der Waals surface area contributed by atoms with Crippen molar-refractivity contribution in [3.63, 3.8) is 0 Å². The van der Waals surface area contributed by atoms with Gasteiger partial charge in [0.15, 0.2) is 6.29 Å². The maximum atomic E-state index is 10.8. The van der Waals surface area contributed by atoms with Crippen molar-refractivity contribution < 1.29 is 9.53 Å². The summed E-state index contributed by atoms with van der Waals surface area (Å²) in [6.07, 6.45) is 2.41. The Hall–Kier alpha value is -1.94. The van der Waals surface area contributed by atoms with Crippen LogP contribution in [0.15, 0.2) is 36.7 Å². The van der Waals surface area contributed by atoms with Gasteiger partial charge in [-0.2, -0.15) is 0 Å². The molecule has 88 valence electrons. The van der Waals surface area contributed by atoms with Gasteiger partial charge in [-0.1, -0.05) is 30.3 Å². The summed E-state index contributed by atoms with van der Waals surface area (Å²) in [5.41, 5.74) is 2.40. The molecule has 2 aromatic rings. The number of rotatable bonds is 5. The summed E-state index contributed by atoms with van der Waals surface area (Å²) in [6, 6.07) is 9.90. The first kappa shape index (κ1) is 11.5. The van der Waals surface area contributed by atoms with Crippen molar-refractivity contribution in [2.24, 2.45) is 0 Å². The standard InChI is InChI=1S/C13H14N2O2/c1-11-13(7-16)15(9-14-11)10-17-8-12-5-3-2-4-6-12/h2-7,9H,8,10H2,1H3. The van der Waals surface area contributed by atoms with Gasteiger partial charge in [-0.25, -0.2) is 4.98 Å². The van der Waals surface area contributed by atoms with E-state index in [0.29, 0.717) is 19.0 Å². The molecule has 4 nitrogen and oxygen atoms in total. The first-order valence-electron chi connectivity index (χ1n) is 5.40. The zero-order chi connectivity index (χ0) is 12.1. The highest BCUT2D eigenvalue weighted by Crippen LogP contribution is 2.05. The molecule has 0 N–H and O–H groups in total. The minimum atomic E-state index is 0.337. The summed E-state index contributed by atoms with van der Waals surface area (Å²) >= 11 is 0. The molecule has 4 heteroatoms. The van der Waals surface area contributed by atoms with Gasteiger partial charge in [0.25, 0.3) is 0 Å². The van der Waals surface area contributed by atoms with Gasteiger partial charge in [0, 0.05) is 0 Å². The second kappa shape index (κ2) is 5.41. The molecule has 0 fully saturated rings. The number of ether oxygens (including phenoxy) is 1. The van der Waals surface area contributed by atoms with Crippen molar-refractivity contribution in [2.45, 2.75) is 20.3 Å². The van der Waals surface area contributed by atoms with Gasteiger partial charge in [-0.05, 0) is 12.5 Å². The highest BCUT2D eigenvalue weighted by Gasteiger charge is 2.05. The number of hydrogen-bond donors (Lipinski definition) is 0. The first-order chi connectivity index (χ1) is 8.31. The number of hydrogen-bond acceptors (Lipinski definition) is 3. The van der Waals surface area contributed by atoms with Gasteiger partial charge < -0.3 is 9.30 Å². The summed E-state index contributed by atoms with van der Waals surface area (Å²) < 4.78 is 7.23. The van der Waals surface area contributed by atoms with E-state index in [1.165, 1.54) is 0 Å². The van der Waals surface area contributed by atoms with E-state index >= 15 is 0 Å². The predicted molar refractivity (Wildman–Crippen MR) is 63.6 cm³/mol. The minimum Gasteiger partial charge on any atom is -0.356 e. The normalized spacial score (nSPS) is 10.4. The third-order valence-electron chi connectivity index (χ3n) is 2.52. The van der Waals surface area contributed by atoms with Crippen LogP contribution in [-0.4, -0.2) is 15.8 Å². The lowest BCUT2D eigenvalue weighted by atomic mass is 10.2. The fourth-order valence-electron chi connectivity index (χ4n) is 1.58. The molecular formula is C13H14N2O2. The van der Waals surface area contributed by atoms with Gasteiger partial charge in [-0.3, -0.25) is 4.79 Å². The Balaban J connectivity index is 1.92. The highest BCUT2D eigenvalue weighted by atomic mass is 16.5. The molecule has 0 radical (unpaired) electrons. The Morgan fingerprint density at radius 1 is 1.35 bits per heavy atom. The molecule has 0 atom stereocenters. The van der Waals surface area contributed by atoms with E-state index in [2.05, 4.69) is 4.98 Å². The van der Waals surface area contributed by atoms with Crippen molar-refractivity contribution in [1.29, 1.82) is 0 Å². The number of aldehydes is 1. The molecule has 0 aliphatic carbocycles. The third-order valence-corrected chi connectivity index (χ3v) is 2.52. The lowest BCUT2D eigenvalue weighted by molar-refractivity contribution is 0.0619. The zero-order valence-electron chi connectivity index (χ0n) is 9.67. The second-order valence-electron chi connectivity index (χ2n) is 3.77. The average molecular weight is 230 g/mol. The van der Waals surface area contributed by atoms with Crippen LogP contribution in [0.25, 0.3) is 0 Å². The molecule has 0 saturated carbocycles. The molecule has 2 rings (SSSR count). The smallest absolute Gasteiger partial charge is 0.168 e. The summed E-state index contributed by atoms with van der Waals surface area (Å²) in [6.45, 7) is 2.66. The van der Waals surface area contributed by atoms with E-state index in [1.54, 1.807) is 17.8 Å². The monoisotopic (exact) mass is 230 g/mol. The SMILES string of the molecule is Cc1ncn(COCc2ccccc2)c1C=O. The number of nitrogens with zero attached hydrogens (tertiary/aromatic N) is 2. The highest BCUT2D eigenvalue weighted by molar-refractivity contribution is 5.73. The Bertz CT molecular complexity index is 491. The van der Waals surface area contributed by atoms with E-state index in [0.717, 1.165) is 17.5 Å². The van der Waals surface area contributed by atoms with Crippen LogP contribution in [-0.2, 0) is 18.1 Å². The molecule has 0 aliphatic rings. The molecule has 0 spiro atoms. The van der Waals surface area contributed by atoms with Gasteiger partial charge >= 0.3 is 0 Å². The topological polar surface area (TPSA) is 44.1 Å². The number of aromatic nitrogens is 2. The predicted octanol–water partition coefficient (Wildman–Crippen LogP) is 2.18. The maximum absolute atomic E-state index is 10.8. The molecular weight excluding hydrogens is 216 g/mol. The van der Waals surface area contributed by atoms with E-state index in [4.69, 9.17) is 4.74 Å². The van der Waals surface area contributed by atoms with Gasteiger partial charge in [0.2, 0.25) is 0 Å². The molecule has 0 unspecified atom stereocenters. The molecule has 1 aromatic heterocycles. The van der Waals surface area contributed by atoms with Crippen LogP contribution < -0.4 is 0 Å². The Morgan fingerprint density at radius 3 is 2.82 bits per heavy atom. The summed E-state index contributed by atoms with van der Waals surface area (Å²) in [7, 11) is 0. The van der Waals surface area contributed by atoms with Crippen molar-refractivity contribution in [3.05, 3.63) is 53.6 Å². The van der Waals surface area contributed by atoms with Crippen molar-refractivity contribution in [3.8, 4) is 0 Å². The Morgan fingerprint density at radius 2 is 2.12 bits per heavy atom. The van der Waals surface area contributed by atoms with Crippen molar-refractivity contribution in [1.82, 2.24) is 9.55 Å². The van der Waals surface area contributed by atoms with E-state index in [-0.39, 0.29) is 0 Å². The van der Waals surface area contributed by atoms with Crippen LogP contribution in [0.2, 0.25) is 0 Å². The minimum absolute atomic E-state index is 0.337. The molecule has 0 saturated heterocycles. The van der Waals surface area contributed by atoms with E-state index in [1.807, 2.05) is 30.3 Å². The average Bonchev–Trinajstić information content (AvgIpc) is 2.71. The maximum Gasteiger partial charge on any atom is 0.168 e. The van der Waals surface area contributed by atoms with E-state index in [9.17, 15) is 4.79 Å². The molecule has 1 aromatic carbocycles. The summed E-state index contributed by atoms with van der Waals surface area (Å²) in [5, 5.41) is 0. The third kappa shape index (κ3) is 2.79. The Labute approximate surface area is 99.9 Å². The van der Waals surface area contributed by atoms with Gasteiger partial charge in [0.1, 0.15) is 12.4 Å². The molecule has 0 aliphatic heterocycles. The number of carbonyl (C=O) groups excluding carboxylic acids is 1. The molecule has 0 amide bonds. The number of imidazole rings is 1. The molecule has 1 heterocycles. The van der Waals surface area contributed by atoms with Crippen LogP contribution in [0.1, 0.15) is 21.7 Å². The van der Waals surface area contributed by atoms with Gasteiger partial charge in [-0.15, -0.1) is 0 Å². The number of benzene rings is 1. The lowest BCUT2D eigenvalue weighted by Gasteiger charge is -2.06. The van der Waals surface area contributed by atoms with Crippen LogP contribution in [0.3, 0.4) is 0 Å². The molecule has 0 bridgehead atoms. The zero-order valence-corrected chi connectivity index (χ0v) is 9.67. The van der Waals surface area contributed by atoms with Crippen molar-refractivity contribution >= 4 is 6.29 Å². The largest absolute Gasteiger partial charge is 0.356 e. The lowest BCUT2D eigenvalue weighted by Crippen LogP contribution is -2.05. The quantitative estimate of drug-likeness (QED) is 0.739. The fourth-order valence-corrected chi connectivity index (χ4v) is 1.58. The summed E-state index contributed by atoms with van der Waals surface area (Å²) in [4.78, 5) is 14.9. The fraction of sp³-hybridized carbons (Fsp3) is 0.231. The van der Waals surface area contributed by atoms with Crippen LogP contribution in [0.4, 0.5) is 0 Å². The Kier molecular flexibility index (Phi) is 3.67. The molecule has 17 heavy (non-hydrogen) atoms. The van der Waals surface area contributed by atoms with Crippen LogP contribution >= 0.6 is 0 Å². The first-order valence-corrected chi connectivity index (χ1v) is 5.40. The van der Waals surface area contributed by atoms with Crippen LogP contribution in [0.5, 0.6) is 0 Å². The van der Waals surface area contributed by atoms with E-state index < -0.39 is 0 Å². The number of aryl methyl sites for hydroxylation is 1. The second-order valence-corrected chi connectivity index (χ2v) is 3.77. The van der Waals surface area contributed by atoms with Crippen molar-refractivity contribution in [2.75, 3.05) is 0 Å². The number of carbonyl (C=O) groups is 1.